The Morgan fingerprint density at radius 1 is 1.85 bits per heavy atom. The normalized spacial score (nSPS) is 22.4. The van der Waals surface area contributed by atoms with E-state index in [9.17, 15) is 4.79 Å². The van der Waals surface area contributed by atoms with E-state index in [1.807, 2.05) is 4.90 Å². The van der Waals surface area contributed by atoms with Gasteiger partial charge in [0.15, 0.2) is 5.17 Å². The van der Waals surface area contributed by atoms with Crippen molar-refractivity contribution in [2.24, 2.45) is 10.7 Å². The number of aliphatic carboxylic acids is 1. The molecule has 3 N–H and O–H groups in total. The molecule has 6 heteroatoms. The summed E-state index contributed by atoms with van der Waals surface area (Å²) in [6, 6.07) is -0.918. The van der Waals surface area contributed by atoms with Crippen LogP contribution in [0.5, 0.6) is 0 Å². The van der Waals surface area contributed by atoms with Gasteiger partial charge in [0.2, 0.25) is 0 Å². The minimum Gasteiger partial charge on any atom is -0.480 e. The average Bonchev–Trinajstić information content (AvgIpc) is 2.59. The van der Waals surface area contributed by atoms with Gasteiger partial charge in [-0.05, 0) is 0 Å². The SMILES string of the molecule is NC(C(=O)O)C1=CN2CCN=C2S1. The highest BCUT2D eigenvalue weighted by atomic mass is 32.2. The molecule has 0 amide bonds. The van der Waals surface area contributed by atoms with Gasteiger partial charge in [0.1, 0.15) is 6.04 Å². The molecule has 0 fully saturated rings. The fourth-order valence-electron chi connectivity index (χ4n) is 1.20. The summed E-state index contributed by atoms with van der Waals surface area (Å²) >= 11 is 1.35. The van der Waals surface area contributed by atoms with Crippen LogP contribution in [0.1, 0.15) is 0 Å². The fourth-order valence-corrected chi connectivity index (χ4v) is 2.24. The molecular weight excluding hydrogens is 190 g/mol. The zero-order valence-electron chi connectivity index (χ0n) is 6.80. The maximum absolute atomic E-state index is 10.6. The van der Waals surface area contributed by atoms with Crippen molar-refractivity contribution in [1.29, 1.82) is 0 Å². The minimum absolute atomic E-state index is 0.658. The van der Waals surface area contributed by atoms with E-state index in [2.05, 4.69) is 4.99 Å². The highest BCUT2D eigenvalue weighted by Crippen LogP contribution is 2.32. The molecule has 0 saturated heterocycles. The Morgan fingerprint density at radius 2 is 2.62 bits per heavy atom. The summed E-state index contributed by atoms with van der Waals surface area (Å²) in [7, 11) is 0. The van der Waals surface area contributed by atoms with E-state index in [0.29, 0.717) is 4.91 Å². The Bertz CT molecular complexity index is 313. The molecule has 0 radical (unpaired) electrons. The van der Waals surface area contributed by atoms with Crippen LogP contribution in [0.15, 0.2) is 16.1 Å². The minimum atomic E-state index is -1.000. The number of hydrogen-bond acceptors (Lipinski definition) is 5. The van der Waals surface area contributed by atoms with Gasteiger partial charge in [-0.25, -0.2) is 0 Å². The van der Waals surface area contributed by atoms with E-state index < -0.39 is 12.0 Å². The molecule has 2 rings (SSSR count). The second-order valence-corrected chi connectivity index (χ2v) is 3.85. The average molecular weight is 199 g/mol. The lowest BCUT2D eigenvalue weighted by atomic mass is 10.3. The Morgan fingerprint density at radius 3 is 3.23 bits per heavy atom. The van der Waals surface area contributed by atoms with Crippen LogP contribution in [-0.2, 0) is 4.79 Å². The summed E-state index contributed by atoms with van der Waals surface area (Å²) in [5, 5.41) is 9.54. The first-order valence-electron chi connectivity index (χ1n) is 3.87. The second kappa shape index (κ2) is 3.04. The molecule has 1 atom stereocenters. The van der Waals surface area contributed by atoms with Gasteiger partial charge in [-0.3, -0.25) is 9.79 Å². The van der Waals surface area contributed by atoms with Crippen molar-refractivity contribution in [3.8, 4) is 0 Å². The molecule has 0 aromatic carbocycles. The number of nitrogens with two attached hydrogens (primary N) is 1. The van der Waals surface area contributed by atoms with Gasteiger partial charge >= 0.3 is 5.97 Å². The summed E-state index contributed by atoms with van der Waals surface area (Å²) in [5.41, 5.74) is 5.45. The maximum Gasteiger partial charge on any atom is 0.325 e. The molecule has 2 aliphatic heterocycles. The summed E-state index contributed by atoms with van der Waals surface area (Å²) in [4.78, 5) is 17.4. The lowest BCUT2D eigenvalue weighted by molar-refractivity contribution is -0.137. The smallest absolute Gasteiger partial charge is 0.325 e. The number of carbonyl (C=O) groups is 1. The fraction of sp³-hybridized carbons (Fsp3) is 0.429. The van der Waals surface area contributed by atoms with Crippen molar-refractivity contribution < 1.29 is 9.90 Å². The lowest BCUT2D eigenvalue weighted by Crippen LogP contribution is -2.30. The van der Waals surface area contributed by atoms with Gasteiger partial charge in [-0.2, -0.15) is 0 Å². The predicted octanol–water partition coefficient (Wildman–Crippen LogP) is -0.342. The molecule has 13 heavy (non-hydrogen) atoms. The molecule has 1 unspecified atom stereocenters. The van der Waals surface area contributed by atoms with E-state index in [4.69, 9.17) is 10.8 Å². The first-order valence-corrected chi connectivity index (χ1v) is 4.69. The number of thioether (sulfide) groups is 1. The van der Waals surface area contributed by atoms with Crippen LogP contribution < -0.4 is 5.73 Å². The van der Waals surface area contributed by atoms with E-state index in [0.717, 1.165) is 18.3 Å². The van der Waals surface area contributed by atoms with Crippen LogP contribution in [0.25, 0.3) is 0 Å². The lowest BCUT2D eigenvalue weighted by Gasteiger charge is -2.04. The molecule has 0 aliphatic carbocycles. The monoisotopic (exact) mass is 199 g/mol. The predicted molar refractivity (Wildman–Crippen MR) is 50.3 cm³/mol. The summed E-state index contributed by atoms with van der Waals surface area (Å²) in [5.74, 6) is -1.000. The number of rotatable bonds is 2. The molecule has 70 valence electrons. The zero-order chi connectivity index (χ0) is 9.42. The molecule has 0 bridgehead atoms. The van der Waals surface area contributed by atoms with Gasteiger partial charge in [-0.15, -0.1) is 0 Å². The van der Waals surface area contributed by atoms with Gasteiger partial charge in [-0.1, -0.05) is 11.8 Å². The third-order valence-electron chi connectivity index (χ3n) is 1.90. The van der Waals surface area contributed by atoms with Crippen molar-refractivity contribution in [3.63, 3.8) is 0 Å². The number of fused-ring (bicyclic) bond motifs is 1. The number of nitrogens with zero attached hydrogens (tertiary/aromatic N) is 2. The Hall–Kier alpha value is -1.01. The first kappa shape index (κ1) is 8.58. The van der Waals surface area contributed by atoms with Gasteiger partial charge in [0, 0.05) is 17.6 Å². The van der Waals surface area contributed by atoms with Crippen molar-refractivity contribution in [1.82, 2.24) is 4.90 Å². The van der Waals surface area contributed by atoms with Crippen LogP contribution in [0, 0.1) is 0 Å². The summed E-state index contributed by atoms with van der Waals surface area (Å²) in [6.07, 6.45) is 1.77. The van der Waals surface area contributed by atoms with Crippen LogP contribution >= 0.6 is 11.8 Å². The molecule has 0 aromatic rings. The third kappa shape index (κ3) is 1.42. The summed E-state index contributed by atoms with van der Waals surface area (Å²) in [6.45, 7) is 1.62. The molecule has 0 saturated carbocycles. The molecule has 2 heterocycles. The topological polar surface area (TPSA) is 78.9 Å². The third-order valence-corrected chi connectivity index (χ3v) is 3.04. The highest BCUT2D eigenvalue weighted by Gasteiger charge is 2.30. The molecule has 0 spiro atoms. The van der Waals surface area contributed by atoms with E-state index in [-0.39, 0.29) is 0 Å². The quantitative estimate of drug-likeness (QED) is 0.636. The van der Waals surface area contributed by atoms with Crippen LogP contribution in [0.4, 0.5) is 0 Å². The van der Waals surface area contributed by atoms with Crippen molar-refractivity contribution in [2.75, 3.05) is 13.1 Å². The zero-order valence-corrected chi connectivity index (χ0v) is 7.62. The van der Waals surface area contributed by atoms with Crippen molar-refractivity contribution in [3.05, 3.63) is 11.1 Å². The number of hydrogen-bond donors (Lipinski definition) is 2. The first-order chi connectivity index (χ1) is 6.18. The van der Waals surface area contributed by atoms with Gasteiger partial charge in [0.05, 0.1) is 6.54 Å². The number of amidine groups is 1. The molecule has 0 aromatic heterocycles. The molecular formula is C7H9N3O2S. The number of carboxylic acids is 1. The van der Waals surface area contributed by atoms with E-state index in [1.54, 1.807) is 6.20 Å². The number of carboxylic acid groups (broad SMARTS) is 1. The van der Waals surface area contributed by atoms with Gasteiger partial charge < -0.3 is 15.7 Å². The van der Waals surface area contributed by atoms with Crippen LogP contribution in [0.2, 0.25) is 0 Å². The largest absolute Gasteiger partial charge is 0.480 e. The summed E-state index contributed by atoms with van der Waals surface area (Å²) < 4.78 is 0. The van der Waals surface area contributed by atoms with Crippen LogP contribution in [-0.4, -0.2) is 40.3 Å². The Kier molecular flexibility index (Phi) is 2.01. The number of aliphatic imine (C=N–C) groups is 1. The highest BCUT2D eigenvalue weighted by molar-refractivity contribution is 8.17. The van der Waals surface area contributed by atoms with E-state index in [1.165, 1.54) is 11.8 Å². The molecule has 2 aliphatic rings. The van der Waals surface area contributed by atoms with Crippen molar-refractivity contribution >= 4 is 22.9 Å². The van der Waals surface area contributed by atoms with Gasteiger partial charge in [0.25, 0.3) is 0 Å². The molecule has 5 nitrogen and oxygen atoms in total. The maximum atomic E-state index is 10.6. The van der Waals surface area contributed by atoms with Crippen LogP contribution in [0.3, 0.4) is 0 Å². The standard InChI is InChI=1S/C7H9N3O2S/c8-5(6(11)12)4-3-10-2-1-9-7(10)13-4/h3,5H,1-2,8H2,(H,11,12). The Balaban J connectivity index is 2.12. The van der Waals surface area contributed by atoms with E-state index >= 15 is 0 Å². The second-order valence-electron chi connectivity index (χ2n) is 2.81. The van der Waals surface area contributed by atoms with Crippen molar-refractivity contribution in [2.45, 2.75) is 6.04 Å². The Labute approximate surface area is 79.3 Å².